The molecule has 1 fully saturated rings. The van der Waals surface area contributed by atoms with Gasteiger partial charge in [-0.3, -0.25) is 9.79 Å². The van der Waals surface area contributed by atoms with Gasteiger partial charge in [-0.15, -0.1) is 24.0 Å². The van der Waals surface area contributed by atoms with E-state index >= 15 is 0 Å². The van der Waals surface area contributed by atoms with Crippen LogP contribution in [0.2, 0.25) is 5.02 Å². The van der Waals surface area contributed by atoms with Gasteiger partial charge < -0.3 is 20.9 Å². The molecule has 1 aromatic carbocycles. The number of hydrogen-bond donors (Lipinski definition) is 3. The van der Waals surface area contributed by atoms with Crippen LogP contribution >= 0.6 is 35.6 Å². The van der Waals surface area contributed by atoms with Crippen LogP contribution < -0.4 is 20.9 Å². The lowest BCUT2D eigenvalue weighted by Crippen LogP contribution is -2.45. The minimum absolute atomic E-state index is 0. The largest absolute Gasteiger partial charge is 0.369 e. The zero-order chi connectivity index (χ0) is 18.2. The molecule has 1 amide bonds. The lowest BCUT2D eigenvalue weighted by Gasteiger charge is -2.20. The second-order valence-electron chi connectivity index (χ2n) is 6.53. The summed E-state index contributed by atoms with van der Waals surface area (Å²) in [6, 6.07) is 8.41. The van der Waals surface area contributed by atoms with Gasteiger partial charge in [0.25, 0.3) is 0 Å². The van der Waals surface area contributed by atoms with Gasteiger partial charge in [-0.2, -0.15) is 0 Å². The summed E-state index contributed by atoms with van der Waals surface area (Å²) in [5.41, 5.74) is 1.14. The number of aliphatic imine (C=N–C) groups is 1. The quantitative estimate of drug-likeness (QED) is 0.324. The molecule has 2 rings (SSSR count). The van der Waals surface area contributed by atoms with Gasteiger partial charge in [-0.1, -0.05) is 17.7 Å². The summed E-state index contributed by atoms with van der Waals surface area (Å²) in [6.45, 7) is 6.35. The monoisotopic (exact) mass is 493 g/mol. The standard InChI is InChI=1S/C18H28ClN5O.HI/c1-13(2)22-17(25)7-9-21-18(20-3)23-15-8-10-24(12-15)16-6-4-5-14(19)11-16;/h4-6,11,13,15H,7-10,12H2,1-3H3,(H,22,25)(H2,20,21,23);1H. The molecule has 6 nitrogen and oxygen atoms in total. The van der Waals surface area contributed by atoms with Crippen LogP contribution in [0, 0.1) is 0 Å². The van der Waals surface area contributed by atoms with Gasteiger partial charge in [0.1, 0.15) is 0 Å². The van der Waals surface area contributed by atoms with E-state index in [2.05, 4.69) is 31.9 Å². The highest BCUT2D eigenvalue weighted by atomic mass is 127. The summed E-state index contributed by atoms with van der Waals surface area (Å²) in [4.78, 5) is 18.2. The van der Waals surface area contributed by atoms with Crippen molar-refractivity contribution in [2.24, 2.45) is 4.99 Å². The number of carbonyl (C=O) groups excluding carboxylic acids is 1. The summed E-state index contributed by atoms with van der Waals surface area (Å²) < 4.78 is 0. The number of guanidine groups is 1. The molecule has 26 heavy (non-hydrogen) atoms. The van der Waals surface area contributed by atoms with Crippen LogP contribution in [-0.2, 0) is 4.79 Å². The number of hydrogen-bond acceptors (Lipinski definition) is 3. The molecule has 146 valence electrons. The van der Waals surface area contributed by atoms with Crippen LogP contribution in [0.1, 0.15) is 26.7 Å². The van der Waals surface area contributed by atoms with E-state index in [4.69, 9.17) is 11.6 Å². The van der Waals surface area contributed by atoms with Crippen molar-refractivity contribution in [2.45, 2.75) is 38.8 Å². The molecule has 0 spiro atoms. The van der Waals surface area contributed by atoms with E-state index in [1.54, 1.807) is 7.05 Å². The Morgan fingerprint density at radius 3 is 2.85 bits per heavy atom. The van der Waals surface area contributed by atoms with Crippen molar-refractivity contribution in [3.05, 3.63) is 29.3 Å². The van der Waals surface area contributed by atoms with E-state index in [9.17, 15) is 4.79 Å². The number of amides is 1. The number of carbonyl (C=O) groups is 1. The predicted molar refractivity (Wildman–Crippen MR) is 120 cm³/mol. The molecule has 0 radical (unpaired) electrons. The molecule has 1 aliphatic heterocycles. The fourth-order valence-electron chi connectivity index (χ4n) is 2.86. The number of nitrogens with zero attached hydrogens (tertiary/aromatic N) is 2. The number of rotatable bonds is 6. The number of nitrogens with one attached hydrogen (secondary N) is 3. The molecule has 1 unspecified atom stereocenters. The molecule has 8 heteroatoms. The predicted octanol–water partition coefficient (Wildman–Crippen LogP) is 2.62. The molecule has 0 bridgehead atoms. The molecular formula is C18H29ClIN5O. The maximum Gasteiger partial charge on any atom is 0.221 e. The first-order valence-corrected chi connectivity index (χ1v) is 9.12. The summed E-state index contributed by atoms with van der Waals surface area (Å²) >= 11 is 6.08. The Labute approximate surface area is 178 Å². The van der Waals surface area contributed by atoms with Crippen molar-refractivity contribution in [1.29, 1.82) is 0 Å². The maximum absolute atomic E-state index is 11.7. The Hall–Kier alpha value is -1.22. The number of anilines is 1. The van der Waals surface area contributed by atoms with E-state index in [-0.39, 0.29) is 35.9 Å². The topological polar surface area (TPSA) is 68.8 Å². The lowest BCUT2D eigenvalue weighted by molar-refractivity contribution is -0.121. The zero-order valence-electron chi connectivity index (χ0n) is 15.6. The van der Waals surface area contributed by atoms with Crippen LogP contribution in [0.4, 0.5) is 5.69 Å². The van der Waals surface area contributed by atoms with Gasteiger partial charge in [0, 0.05) is 55.9 Å². The molecule has 0 saturated carbocycles. The van der Waals surface area contributed by atoms with Crippen molar-refractivity contribution < 1.29 is 4.79 Å². The van der Waals surface area contributed by atoms with Crippen LogP contribution in [0.3, 0.4) is 0 Å². The van der Waals surface area contributed by atoms with E-state index in [1.807, 2.05) is 32.0 Å². The Morgan fingerprint density at radius 1 is 1.42 bits per heavy atom. The molecule has 1 saturated heterocycles. The van der Waals surface area contributed by atoms with Crippen molar-refractivity contribution in [2.75, 3.05) is 31.6 Å². The highest BCUT2D eigenvalue weighted by Crippen LogP contribution is 2.23. The van der Waals surface area contributed by atoms with Crippen LogP contribution in [0.15, 0.2) is 29.3 Å². The molecule has 1 atom stereocenters. The average molecular weight is 494 g/mol. The fraction of sp³-hybridized carbons (Fsp3) is 0.556. The molecule has 0 aromatic heterocycles. The number of benzene rings is 1. The summed E-state index contributed by atoms with van der Waals surface area (Å²) in [5.74, 6) is 0.779. The first kappa shape index (κ1) is 22.8. The Bertz CT molecular complexity index is 611. The van der Waals surface area contributed by atoms with E-state index in [0.29, 0.717) is 19.0 Å². The second-order valence-corrected chi connectivity index (χ2v) is 6.96. The highest BCUT2D eigenvalue weighted by Gasteiger charge is 2.23. The van der Waals surface area contributed by atoms with Gasteiger partial charge in [0.15, 0.2) is 5.96 Å². The van der Waals surface area contributed by atoms with Crippen molar-refractivity contribution >= 4 is 53.1 Å². The van der Waals surface area contributed by atoms with Gasteiger partial charge in [0.05, 0.1) is 0 Å². The molecule has 1 aliphatic rings. The van der Waals surface area contributed by atoms with E-state index < -0.39 is 0 Å². The summed E-state index contributed by atoms with van der Waals surface area (Å²) in [5, 5.41) is 10.3. The highest BCUT2D eigenvalue weighted by molar-refractivity contribution is 14.0. The first-order valence-electron chi connectivity index (χ1n) is 8.75. The third-order valence-corrected chi connectivity index (χ3v) is 4.26. The maximum atomic E-state index is 11.7. The molecular weight excluding hydrogens is 465 g/mol. The van der Waals surface area contributed by atoms with Crippen LogP contribution in [0.25, 0.3) is 0 Å². The summed E-state index contributed by atoms with van der Waals surface area (Å²) in [7, 11) is 1.74. The van der Waals surface area contributed by atoms with E-state index in [1.165, 1.54) is 0 Å². The zero-order valence-corrected chi connectivity index (χ0v) is 18.7. The average Bonchev–Trinajstić information content (AvgIpc) is 3.02. The van der Waals surface area contributed by atoms with Gasteiger partial charge in [-0.05, 0) is 38.5 Å². The normalized spacial score (nSPS) is 17.0. The molecule has 3 N–H and O–H groups in total. The van der Waals surface area contributed by atoms with Crippen LogP contribution in [-0.4, -0.2) is 50.6 Å². The Balaban J connectivity index is 0.00000338. The fourth-order valence-corrected chi connectivity index (χ4v) is 3.05. The third-order valence-electron chi connectivity index (χ3n) is 4.02. The second kappa shape index (κ2) is 11.5. The third kappa shape index (κ3) is 7.57. The molecule has 1 aromatic rings. The minimum Gasteiger partial charge on any atom is -0.369 e. The van der Waals surface area contributed by atoms with Crippen molar-refractivity contribution in [1.82, 2.24) is 16.0 Å². The van der Waals surface area contributed by atoms with E-state index in [0.717, 1.165) is 36.2 Å². The van der Waals surface area contributed by atoms with Gasteiger partial charge in [-0.25, -0.2) is 0 Å². The SMILES string of the molecule is CN=C(NCCC(=O)NC(C)C)NC1CCN(c2cccc(Cl)c2)C1.I. The minimum atomic E-state index is 0. The van der Waals surface area contributed by atoms with Crippen molar-refractivity contribution in [3.63, 3.8) is 0 Å². The smallest absolute Gasteiger partial charge is 0.221 e. The Morgan fingerprint density at radius 2 is 2.19 bits per heavy atom. The Kier molecular flexibility index (Phi) is 10.1. The first-order chi connectivity index (χ1) is 12.0. The molecule has 0 aliphatic carbocycles. The number of halogens is 2. The van der Waals surface area contributed by atoms with Gasteiger partial charge in [0.2, 0.25) is 5.91 Å². The molecule has 1 heterocycles. The lowest BCUT2D eigenvalue weighted by atomic mass is 10.2. The van der Waals surface area contributed by atoms with Crippen molar-refractivity contribution in [3.8, 4) is 0 Å². The summed E-state index contributed by atoms with van der Waals surface area (Å²) in [6.07, 6.45) is 1.46. The van der Waals surface area contributed by atoms with Gasteiger partial charge >= 0.3 is 0 Å². The van der Waals surface area contributed by atoms with Crippen LogP contribution in [0.5, 0.6) is 0 Å².